The SMILES string of the molecule is CCc1ccc(N=C2SC(=Cc3cc(C)ccc3C)C(=O)N2c2ccc(CC)cc2)cc1. The number of aliphatic imine (C=N–C) groups is 1. The summed E-state index contributed by atoms with van der Waals surface area (Å²) in [6.07, 6.45) is 3.94. The first-order valence-electron chi connectivity index (χ1n) is 11.1. The van der Waals surface area contributed by atoms with Crippen LogP contribution in [0.4, 0.5) is 11.4 Å². The van der Waals surface area contributed by atoms with Crippen LogP contribution < -0.4 is 4.90 Å². The Morgan fingerprint density at radius 3 is 2.12 bits per heavy atom. The van der Waals surface area contributed by atoms with Crippen LogP contribution in [-0.2, 0) is 17.6 Å². The number of carbonyl (C=O) groups excluding carboxylic acids is 1. The van der Waals surface area contributed by atoms with Gasteiger partial charge in [0.05, 0.1) is 16.3 Å². The first-order valence-corrected chi connectivity index (χ1v) is 11.9. The number of hydrogen-bond donors (Lipinski definition) is 0. The molecule has 1 aliphatic rings. The summed E-state index contributed by atoms with van der Waals surface area (Å²) in [5.41, 5.74) is 7.59. The highest BCUT2D eigenvalue weighted by Gasteiger charge is 2.34. The van der Waals surface area contributed by atoms with E-state index in [1.165, 1.54) is 28.5 Å². The van der Waals surface area contributed by atoms with Gasteiger partial charge in [-0.05, 0) is 91.0 Å². The highest BCUT2D eigenvalue weighted by atomic mass is 32.2. The van der Waals surface area contributed by atoms with Gasteiger partial charge in [-0.2, -0.15) is 0 Å². The zero-order chi connectivity index (χ0) is 22.7. The maximum atomic E-state index is 13.5. The van der Waals surface area contributed by atoms with E-state index in [1.54, 1.807) is 4.90 Å². The lowest BCUT2D eigenvalue weighted by Crippen LogP contribution is -2.28. The minimum Gasteiger partial charge on any atom is -0.268 e. The van der Waals surface area contributed by atoms with Gasteiger partial charge in [0.1, 0.15) is 0 Å². The summed E-state index contributed by atoms with van der Waals surface area (Å²) in [6, 6.07) is 22.7. The molecule has 1 aliphatic heterocycles. The van der Waals surface area contributed by atoms with Crippen molar-refractivity contribution in [1.82, 2.24) is 0 Å². The first kappa shape index (κ1) is 22.1. The van der Waals surface area contributed by atoms with Crippen molar-refractivity contribution < 1.29 is 4.79 Å². The number of hydrogen-bond acceptors (Lipinski definition) is 3. The number of nitrogens with zero attached hydrogens (tertiary/aromatic N) is 2. The third-order valence-electron chi connectivity index (χ3n) is 5.70. The lowest BCUT2D eigenvalue weighted by molar-refractivity contribution is -0.113. The Morgan fingerprint density at radius 2 is 1.50 bits per heavy atom. The second kappa shape index (κ2) is 9.58. The van der Waals surface area contributed by atoms with E-state index >= 15 is 0 Å². The van der Waals surface area contributed by atoms with Crippen LogP contribution in [0.2, 0.25) is 0 Å². The van der Waals surface area contributed by atoms with E-state index in [-0.39, 0.29) is 5.91 Å². The minimum absolute atomic E-state index is 0.0379. The minimum atomic E-state index is -0.0379. The summed E-state index contributed by atoms with van der Waals surface area (Å²) in [7, 11) is 0. The summed E-state index contributed by atoms with van der Waals surface area (Å²) in [6.45, 7) is 8.41. The zero-order valence-electron chi connectivity index (χ0n) is 19.1. The van der Waals surface area contributed by atoms with Gasteiger partial charge in [-0.15, -0.1) is 0 Å². The highest BCUT2D eigenvalue weighted by Crippen LogP contribution is 2.37. The van der Waals surface area contributed by atoms with E-state index < -0.39 is 0 Å². The molecule has 0 aliphatic carbocycles. The van der Waals surface area contributed by atoms with Crippen molar-refractivity contribution in [3.8, 4) is 0 Å². The smallest absolute Gasteiger partial charge is 0.268 e. The van der Waals surface area contributed by atoms with Crippen molar-refractivity contribution in [3.05, 3.63) is 99.5 Å². The van der Waals surface area contributed by atoms with E-state index in [0.29, 0.717) is 10.1 Å². The second-order valence-electron chi connectivity index (χ2n) is 8.05. The fourth-order valence-corrected chi connectivity index (χ4v) is 4.62. The molecule has 3 nitrogen and oxygen atoms in total. The van der Waals surface area contributed by atoms with Crippen LogP contribution in [0.1, 0.15) is 41.7 Å². The molecule has 1 saturated heterocycles. The third kappa shape index (κ3) is 4.71. The molecular formula is C28H28N2OS. The van der Waals surface area contributed by atoms with E-state index in [9.17, 15) is 4.79 Å². The van der Waals surface area contributed by atoms with Gasteiger partial charge in [0.2, 0.25) is 0 Å². The van der Waals surface area contributed by atoms with Gasteiger partial charge >= 0.3 is 0 Å². The Bertz CT molecular complexity index is 1190. The normalized spacial score (nSPS) is 16.4. The molecule has 3 aromatic carbocycles. The molecule has 0 atom stereocenters. The van der Waals surface area contributed by atoms with Crippen molar-refractivity contribution in [2.24, 2.45) is 4.99 Å². The largest absolute Gasteiger partial charge is 0.271 e. The Balaban J connectivity index is 1.77. The number of benzene rings is 3. The summed E-state index contributed by atoms with van der Waals surface area (Å²) in [5, 5.41) is 0.681. The maximum Gasteiger partial charge on any atom is 0.271 e. The Kier molecular flexibility index (Phi) is 6.61. The number of amides is 1. The van der Waals surface area contributed by atoms with E-state index in [1.807, 2.05) is 30.3 Å². The van der Waals surface area contributed by atoms with Crippen LogP contribution in [0.15, 0.2) is 76.6 Å². The first-order chi connectivity index (χ1) is 15.5. The summed E-state index contributed by atoms with van der Waals surface area (Å²) >= 11 is 1.43. The van der Waals surface area contributed by atoms with Crippen LogP contribution in [-0.4, -0.2) is 11.1 Å². The van der Waals surface area contributed by atoms with Crippen molar-refractivity contribution in [2.45, 2.75) is 40.5 Å². The Morgan fingerprint density at radius 1 is 0.875 bits per heavy atom. The molecule has 1 fully saturated rings. The summed E-state index contributed by atoms with van der Waals surface area (Å²) < 4.78 is 0. The van der Waals surface area contributed by atoms with Gasteiger partial charge in [0.25, 0.3) is 5.91 Å². The van der Waals surface area contributed by atoms with Gasteiger partial charge in [-0.1, -0.05) is 61.9 Å². The van der Waals surface area contributed by atoms with Crippen LogP contribution in [0.5, 0.6) is 0 Å². The third-order valence-corrected chi connectivity index (χ3v) is 6.67. The average molecular weight is 441 g/mol. The number of anilines is 1. The second-order valence-corrected chi connectivity index (χ2v) is 9.05. The van der Waals surface area contributed by atoms with E-state index in [4.69, 9.17) is 4.99 Å². The molecule has 32 heavy (non-hydrogen) atoms. The molecular weight excluding hydrogens is 412 g/mol. The number of rotatable bonds is 5. The zero-order valence-corrected chi connectivity index (χ0v) is 19.9. The fourth-order valence-electron chi connectivity index (χ4n) is 3.63. The molecule has 4 rings (SSSR count). The van der Waals surface area contributed by atoms with Gasteiger partial charge in [0, 0.05) is 0 Å². The standard InChI is InChI=1S/C28H28N2OS/c1-5-21-9-13-24(14-10-21)29-28-30(25-15-11-22(6-2)12-16-25)27(31)26(32-28)18-23-17-19(3)7-8-20(23)4/h7-18H,5-6H2,1-4H3. The van der Waals surface area contributed by atoms with Crippen LogP contribution in [0, 0.1) is 13.8 Å². The van der Waals surface area contributed by atoms with Crippen LogP contribution in [0.25, 0.3) is 6.08 Å². The molecule has 1 heterocycles. The van der Waals surface area contributed by atoms with Crippen molar-refractivity contribution >= 4 is 40.3 Å². The maximum absolute atomic E-state index is 13.5. The van der Waals surface area contributed by atoms with Gasteiger partial charge in [0.15, 0.2) is 5.17 Å². The average Bonchev–Trinajstić information content (AvgIpc) is 3.11. The molecule has 0 bridgehead atoms. The van der Waals surface area contributed by atoms with Crippen molar-refractivity contribution in [3.63, 3.8) is 0 Å². The monoisotopic (exact) mass is 440 g/mol. The quantitative estimate of drug-likeness (QED) is 0.392. The highest BCUT2D eigenvalue weighted by molar-refractivity contribution is 8.19. The molecule has 4 heteroatoms. The lowest BCUT2D eigenvalue weighted by atomic mass is 10.1. The lowest BCUT2D eigenvalue weighted by Gasteiger charge is -2.16. The molecule has 1 amide bonds. The molecule has 3 aromatic rings. The predicted molar refractivity (Wildman–Crippen MR) is 138 cm³/mol. The van der Waals surface area contributed by atoms with E-state index in [2.05, 4.69) is 70.2 Å². The van der Waals surface area contributed by atoms with Gasteiger partial charge in [-0.25, -0.2) is 4.99 Å². The number of carbonyl (C=O) groups is 1. The number of amidine groups is 1. The number of aryl methyl sites for hydroxylation is 4. The Labute approximate surface area is 194 Å². The molecule has 0 aromatic heterocycles. The van der Waals surface area contributed by atoms with Crippen molar-refractivity contribution in [1.29, 1.82) is 0 Å². The fraction of sp³-hybridized carbons (Fsp3) is 0.214. The predicted octanol–water partition coefficient (Wildman–Crippen LogP) is 7.24. The molecule has 0 radical (unpaired) electrons. The number of thioether (sulfide) groups is 1. The van der Waals surface area contributed by atoms with Crippen molar-refractivity contribution in [2.75, 3.05) is 4.90 Å². The molecule has 0 spiro atoms. The van der Waals surface area contributed by atoms with Crippen LogP contribution in [0.3, 0.4) is 0 Å². The summed E-state index contributed by atoms with van der Waals surface area (Å²) in [4.78, 5) is 20.8. The topological polar surface area (TPSA) is 32.7 Å². The Hall–Kier alpha value is -3.11. The molecule has 0 N–H and O–H groups in total. The van der Waals surface area contributed by atoms with E-state index in [0.717, 1.165) is 35.3 Å². The van der Waals surface area contributed by atoms with Crippen LogP contribution >= 0.6 is 11.8 Å². The summed E-state index contributed by atoms with van der Waals surface area (Å²) in [5.74, 6) is -0.0379. The van der Waals surface area contributed by atoms with Gasteiger partial charge < -0.3 is 0 Å². The molecule has 162 valence electrons. The molecule has 0 saturated carbocycles. The van der Waals surface area contributed by atoms with Gasteiger partial charge in [-0.3, -0.25) is 9.69 Å². The molecule has 0 unspecified atom stereocenters.